The highest BCUT2D eigenvalue weighted by Crippen LogP contribution is 2.29. The second-order valence-electron chi connectivity index (χ2n) is 12.3. The molecule has 0 fully saturated rings. The number of benzene rings is 4. The molecule has 1 heterocycles. The van der Waals surface area contributed by atoms with Gasteiger partial charge in [-0.2, -0.15) is 0 Å². The average molecular weight is 601 g/mol. The summed E-state index contributed by atoms with van der Waals surface area (Å²) in [5, 5.41) is 5.00. The number of nitrogens with one attached hydrogen (secondary N) is 1. The summed E-state index contributed by atoms with van der Waals surface area (Å²) >= 11 is 0. The predicted octanol–water partition coefficient (Wildman–Crippen LogP) is 8.33. The van der Waals surface area contributed by atoms with Crippen LogP contribution in [-0.4, -0.2) is 35.9 Å². The lowest BCUT2D eigenvalue weighted by Crippen LogP contribution is -2.48. The van der Waals surface area contributed by atoms with Gasteiger partial charge in [-0.05, 0) is 76.2 Å². The first-order valence-corrected chi connectivity index (χ1v) is 15.4. The summed E-state index contributed by atoms with van der Waals surface area (Å²) in [6.07, 6.45) is 2.56. The van der Waals surface area contributed by atoms with Gasteiger partial charge in [-0.1, -0.05) is 100 Å². The molecule has 5 aromatic rings. The SMILES string of the molecule is CCC(NC(Cc1ccc(-c2ccccc2)cc1)C(=O)OC)C(=O)c1cc2ccc(Oc3ccc(C(C)(C)C)cc3)cc2cn1. The van der Waals surface area contributed by atoms with Crippen LogP contribution in [0.4, 0.5) is 0 Å². The van der Waals surface area contributed by atoms with Crippen LogP contribution in [0.1, 0.15) is 55.7 Å². The molecule has 0 radical (unpaired) electrons. The Balaban J connectivity index is 1.28. The van der Waals surface area contributed by atoms with Gasteiger partial charge >= 0.3 is 5.97 Å². The maximum atomic E-state index is 13.6. The molecule has 0 amide bonds. The molecule has 45 heavy (non-hydrogen) atoms. The zero-order valence-corrected chi connectivity index (χ0v) is 26.5. The number of hydrogen-bond donors (Lipinski definition) is 1. The Bertz CT molecular complexity index is 1760. The van der Waals surface area contributed by atoms with Crippen molar-refractivity contribution in [1.29, 1.82) is 0 Å². The number of esters is 1. The first kappa shape index (κ1) is 31.6. The van der Waals surface area contributed by atoms with Crippen LogP contribution in [0.2, 0.25) is 0 Å². The largest absolute Gasteiger partial charge is 0.468 e. The summed E-state index contributed by atoms with van der Waals surface area (Å²) in [6.45, 7) is 8.46. The summed E-state index contributed by atoms with van der Waals surface area (Å²) in [4.78, 5) is 30.9. The number of ether oxygens (including phenoxy) is 2. The van der Waals surface area contributed by atoms with Crippen LogP contribution in [0.5, 0.6) is 11.5 Å². The van der Waals surface area contributed by atoms with Crippen LogP contribution in [0, 0.1) is 0 Å². The number of Topliss-reactive ketones (excluding diaryl/α,β-unsaturated/α-hetero) is 1. The fourth-order valence-corrected chi connectivity index (χ4v) is 5.33. The number of pyridine rings is 1. The number of rotatable bonds is 11. The minimum Gasteiger partial charge on any atom is -0.468 e. The molecule has 5 rings (SSSR count). The first-order valence-electron chi connectivity index (χ1n) is 15.4. The maximum Gasteiger partial charge on any atom is 0.323 e. The third kappa shape index (κ3) is 7.83. The van der Waals surface area contributed by atoms with E-state index in [9.17, 15) is 9.59 Å². The van der Waals surface area contributed by atoms with Gasteiger partial charge in [0, 0.05) is 11.6 Å². The van der Waals surface area contributed by atoms with Crippen molar-refractivity contribution < 1.29 is 19.1 Å². The van der Waals surface area contributed by atoms with E-state index in [0.717, 1.165) is 33.2 Å². The number of nitrogens with zero attached hydrogens (tertiary/aromatic N) is 1. The number of aromatic nitrogens is 1. The highest BCUT2D eigenvalue weighted by molar-refractivity contribution is 6.01. The normalized spacial score (nSPS) is 12.8. The summed E-state index contributed by atoms with van der Waals surface area (Å²) in [5.41, 5.74) is 4.84. The zero-order chi connectivity index (χ0) is 32.0. The van der Waals surface area contributed by atoms with Crippen LogP contribution in [0.15, 0.2) is 109 Å². The van der Waals surface area contributed by atoms with Crippen LogP contribution >= 0.6 is 0 Å². The van der Waals surface area contributed by atoms with E-state index < -0.39 is 18.1 Å². The number of fused-ring (bicyclic) bond motifs is 1. The van der Waals surface area contributed by atoms with Gasteiger partial charge in [0.1, 0.15) is 23.2 Å². The Kier molecular flexibility index (Phi) is 9.74. The highest BCUT2D eigenvalue weighted by atomic mass is 16.5. The van der Waals surface area contributed by atoms with Crippen molar-refractivity contribution in [3.05, 3.63) is 126 Å². The molecule has 1 N–H and O–H groups in total. The van der Waals surface area contributed by atoms with E-state index in [0.29, 0.717) is 24.3 Å². The summed E-state index contributed by atoms with van der Waals surface area (Å²) in [7, 11) is 1.36. The van der Waals surface area contributed by atoms with Crippen molar-refractivity contribution in [3.8, 4) is 22.6 Å². The fraction of sp³-hybridized carbons (Fsp3) is 0.256. The molecule has 0 aliphatic rings. The van der Waals surface area contributed by atoms with Crippen molar-refractivity contribution in [2.45, 2.75) is 58.0 Å². The quantitative estimate of drug-likeness (QED) is 0.121. The molecule has 0 bridgehead atoms. The fourth-order valence-electron chi connectivity index (χ4n) is 5.33. The monoisotopic (exact) mass is 600 g/mol. The van der Waals surface area contributed by atoms with Gasteiger partial charge in [0.2, 0.25) is 0 Å². The Morgan fingerprint density at radius 1 is 0.778 bits per heavy atom. The van der Waals surface area contributed by atoms with Gasteiger partial charge in [-0.3, -0.25) is 19.9 Å². The third-order valence-corrected chi connectivity index (χ3v) is 8.02. The molecule has 0 saturated carbocycles. The molecule has 4 aromatic carbocycles. The number of carbonyl (C=O) groups is 2. The number of methoxy groups -OCH3 is 1. The van der Waals surface area contributed by atoms with Crippen LogP contribution < -0.4 is 10.1 Å². The molecule has 6 nitrogen and oxygen atoms in total. The molecule has 0 saturated heterocycles. The van der Waals surface area contributed by atoms with Gasteiger partial charge < -0.3 is 9.47 Å². The Labute approximate surface area is 265 Å². The topological polar surface area (TPSA) is 77.5 Å². The number of carbonyl (C=O) groups excluding carboxylic acids is 2. The Morgan fingerprint density at radius 3 is 2.09 bits per heavy atom. The van der Waals surface area contributed by atoms with E-state index >= 15 is 0 Å². The zero-order valence-electron chi connectivity index (χ0n) is 26.5. The molecule has 6 heteroatoms. The number of ketones is 1. The lowest BCUT2D eigenvalue weighted by Gasteiger charge is -2.23. The lowest BCUT2D eigenvalue weighted by molar-refractivity contribution is -0.143. The van der Waals surface area contributed by atoms with Crippen molar-refractivity contribution in [3.63, 3.8) is 0 Å². The molecule has 1 aromatic heterocycles. The second-order valence-corrected chi connectivity index (χ2v) is 12.3. The average Bonchev–Trinajstić information content (AvgIpc) is 3.06. The predicted molar refractivity (Wildman–Crippen MR) is 180 cm³/mol. The van der Waals surface area contributed by atoms with E-state index in [4.69, 9.17) is 9.47 Å². The van der Waals surface area contributed by atoms with E-state index in [1.165, 1.54) is 12.7 Å². The van der Waals surface area contributed by atoms with Crippen molar-refractivity contribution in [1.82, 2.24) is 10.3 Å². The Hall–Kier alpha value is -4.81. The van der Waals surface area contributed by atoms with Crippen molar-refractivity contribution >= 4 is 22.5 Å². The standard InChI is InChI=1S/C39H40N2O4/c1-6-34(41-36(38(43)44-5)22-26-12-14-28(15-13-26)27-10-8-7-9-11-27)37(42)35-24-29-16-19-33(23-30(29)25-40-35)45-32-20-17-31(18-21-32)39(2,3)4/h7-21,23-25,34,36,41H,6,22H2,1-5H3. The van der Waals surface area contributed by atoms with E-state index in [1.807, 2.05) is 79.7 Å². The molecule has 0 aliphatic carbocycles. The van der Waals surface area contributed by atoms with Gasteiger partial charge in [-0.15, -0.1) is 0 Å². The summed E-state index contributed by atoms with van der Waals surface area (Å²) < 4.78 is 11.2. The smallest absolute Gasteiger partial charge is 0.323 e. The molecule has 230 valence electrons. The van der Waals surface area contributed by atoms with E-state index in [2.05, 4.69) is 55.3 Å². The van der Waals surface area contributed by atoms with Gasteiger partial charge in [0.25, 0.3) is 0 Å². The van der Waals surface area contributed by atoms with Crippen LogP contribution in [0.3, 0.4) is 0 Å². The maximum absolute atomic E-state index is 13.6. The lowest BCUT2D eigenvalue weighted by atomic mass is 9.87. The second kappa shape index (κ2) is 13.9. The van der Waals surface area contributed by atoms with Gasteiger partial charge in [-0.25, -0.2) is 0 Å². The molecule has 0 spiro atoms. The summed E-state index contributed by atoms with van der Waals surface area (Å²) in [6, 6.07) is 32.6. The molecule has 0 aliphatic heterocycles. The van der Waals surface area contributed by atoms with Crippen LogP contribution in [0.25, 0.3) is 21.9 Å². The Morgan fingerprint density at radius 2 is 1.44 bits per heavy atom. The molecular weight excluding hydrogens is 560 g/mol. The molecule has 2 unspecified atom stereocenters. The van der Waals surface area contributed by atoms with Crippen LogP contribution in [-0.2, 0) is 21.4 Å². The van der Waals surface area contributed by atoms with Crippen molar-refractivity contribution in [2.24, 2.45) is 0 Å². The summed E-state index contributed by atoms with van der Waals surface area (Å²) in [5.74, 6) is 0.858. The number of hydrogen-bond acceptors (Lipinski definition) is 6. The van der Waals surface area contributed by atoms with Crippen molar-refractivity contribution in [2.75, 3.05) is 7.11 Å². The highest BCUT2D eigenvalue weighted by Gasteiger charge is 2.28. The van der Waals surface area contributed by atoms with Gasteiger partial charge in [0.05, 0.1) is 13.2 Å². The minimum absolute atomic E-state index is 0.0733. The van der Waals surface area contributed by atoms with Gasteiger partial charge in [0.15, 0.2) is 5.78 Å². The minimum atomic E-state index is -0.691. The molecule has 2 atom stereocenters. The van der Waals surface area contributed by atoms with E-state index in [1.54, 1.807) is 12.3 Å². The first-order chi connectivity index (χ1) is 21.6. The molecular formula is C39H40N2O4. The third-order valence-electron chi connectivity index (χ3n) is 8.02. The van der Waals surface area contributed by atoms with E-state index in [-0.39, 0.29) is 11.2 Å².